The van der Waals surface area contributed by atoms with Gasteiger partial charge >= 0.3 is 5.97 Å². The molecule has 0 spiro atoms. The van der Waals surface area contributed by atoms with Gasteiger partial charge in [-0.25, -0.2) is 4.79 Å². The summed E-state index contributed by atoms with van der Waals surface area (Å²) >= 11 is 1.10. The number of aromatic carboxylic acids is 1. The number of nitrogens with zero attached hydrogens (tertiary/aromatic N) is 2. The molecule has 1 aliphatic heterocycles. The lowest BCUT2D eigenvalue weighted by Crippen LogP contribution is -2.28. The van der Waals surface area contributed by atoms with E-state index in [1.54, 1.807) is 11.4 Å². The maximum absolute atomic E-state index is 12.1. The summed E-state index contributed by atoms with van der Waals surface area (Å²) in [6.07, 6.45) is 2.37. The van der Waals surface area contributed by atoms with Crippen molar-refractivity contribution >= 4 is 28.9 Å². The van der Waals surface area contributed by atoms with Crippen LogP contribution >= 0.6 is 11.3 Å². The lowest BCUT2D eigenvalue weighted by atomic mass is 10.1. The van der Waals surface area contributed by atoms with Crippen molar-refractivity contribution < 1.29 is 19.2 Å². The highest BCUT2D eigenvalue weighted by Gasteiger charge is 2.28. The summed E-state index contributed by atoms with van der Waals surface area (Å²) in [5.41, 5.74) is 1.28. The molecule has 0 aliphatic carbocycles. The molecule has 0 saturated carbocycles. The standard InChI is InChI=1S/C16H19N3O4S/c1-10-9-12(18-23-10)13-3-2-6-19(13)7-4-14(20)17-11-5-8-24-15(11)16(21)22/h5,8-9,13H,2-4,6-7H2,1H3,(H,17,20)(H,21,22)/t13-/m1/s1. The van der Waals surface area contributed by atoms with Crippen molar-refractivity contribution in [3.63, 3.8) is 0 Å². The SMILES string of the molecule is Cc1cc([C@H]2CCCN2CCC(=O)Nc2ccsc2C(=O)O)no1. The van der Waals surface area contributed by atoms with Crippen LogP contribution in [0.1, 0.15) is 46.4 Å². The number of hydrogen-bond acceptors (Lipinski definition) is 6. The van der Waals surface area contributed by atoms with Gasteiger partial charge in [0.15, 0.2) is 0 Å². The zero-order valence-corrected chi connectivity index (χ0v) is 14.1. The van der Waals surface area contributed by atoms with Crippen LogP contribution < -0.4 is 5.32 Å². The van der Waals surface area contributed by atoms with Crippen LogP contribution in [-0.4, -0.2) is 40.1 Å². The number of carboxylic acids is 1. The van der Waals surface area contributed by atoms with E-state index >= 15 is 0 Å². The van der Waals surface area contributed by atoms with Gasteiger partial charge in [0.05, 0.1) is 11.7 Å². The quantitative estimate of drug-likeness (QED) is 0.832. The molecule has 2 aromatic rings. The average molecular weight is 349 g/mol. The Morgan fingerprint density at radius 2 is 2.38 bits per heavy atom. The molecular formula is C16H19N3O4S. The van der Waals surface area contributed by atoms with Crippen LogP contribution in [0.3, 0.4) is 0 Å². The molecule has 128 valence electrons. The molecule has 1 aliphatic rings. The van der Waals surface area contributed by atoms with Crippen molar-refractivity contribution in [3.05, 3.63) is 33.8 Å². The number of nitrogens with one attached hydrogen (secondary N) is 1. The Bertz CT molecular complexity index is 739. The lowest BCUT2D eigenvalue weighted by Gasteiger charge is -2.22. The van der Waals surface area contributed by atoms with Crippen molar-refractivity contribution in [2.24, 2.45) is 0 Å². The smallest absolute Gasteiger partial charge is 0.348 e. The first-order chi connectivity index (χ1) is 11.5. The van der Waals surface area contributed by atoms with Gasteiger partial charge in [-0.15, -0.1) is 11.3 Å². The third-order valence-electron chi connectivity index (χ3n) is 4.11. The van der Waals surface area contributed by atoms with E-state index in [1.165, 1.54) is 0 Å². The van der Waals surface area contributed by atoms with Crippen molar-refractivity contribution in [1.29, 1.82) is 0 Å². The van der Waals surface area contributed by atoms with Crippen molar-refractivity contribution in [3.8, 4) is 0 Å². The fourth-order valence-corrected chi connectivity index (χ4v) is 3.69. The first-order valence-electron chi connectivity index (χ1n) is 7.82. The summed E-state index contributed by atoms with van der Waals surface area (Å²) in [6.45, 7) is 3.39. The number of aryl methyl sites for hydroxylation is 1. The highest BCUT2D eigenvalue weighted by atomic mass is 32.1. The summed E-state index contributed by atoms with van der Waals surface area (Å²) in [5, 5.41) is 17.5. The Hall–Kier alpha value is -2.19. The predicted molar refractivity (Wildman–Crippen MR) is 89.3 cm³/mol. The molecule has 0 unspecified atom stereocenters. The second-order valence-electron chi connectivity index (χ2n) is 5.82. The summed E-state index contributed by atoms with van der Waals surface area (Å²) in [7, 11) is 0. The van der Waals surface area contributed by atoms with E-state index in [-0.39, 0.29) is 16.8 Å². The summed E-state index contributed by atoms with van der Waals surface area (Å²) in [5.74, 6) is -0.424. The van der Waals surface area contributed by atoms with Gasteiger partial charge in [0, 0.05) is 19.0 Å². The molecule has 8 heteroatoms. The van der Waals surface area contributed by atoms with Crippen LogP contribution in [0.15, 0.2) is 22.0 Å². The van der Waals surface area contributed by atoms with Gasteiger partial charge in [-0.1, -0.05) is 5.16 Å². The number of hydrogen-bond donors (Lipinski definition) is 2. The number of thiophene rings is 1. The second-order valence-corrected chi connectivity index (χ2v) is 6.74. The van der Waals surface area contributed by atoms with Gasteiger partial charge in [-0.2, -0.15) is 0 Å². The number of rotatable bonds is 6. The van der Waals surface area contributed by atoms with Crippen LogP contribution in [0, 0.1) is 6.92 Å². The topological polar surface area (TPSA) is 95.7 Å². The van der Waals surface area contributed by atoms with Crippen LogP contribution in [0.2, 0.25) is 0 Å². The molecule has 2 N–H and O–H groups in total. The minimum absolute atomic E-state index is 0.153. The fraction of sp³-hybridized carbons (Fsp3) is 0.438. The van der Waals surface area contributed by atoms with Crippen molar-refractivity contribution in [2.45, 2.75) is 32.2 Å². The lowest BCUT2D eigenvalue weighted by molar-refractivity contribution is -0.116. The zero-order valence-electron chi connectivity index (χ0n) is 13.3. The summed E-state index contributed by atoms with van der Waals surface area (Å²) < 4.78 is 5.15. The minimum atomic E-state index is -1.03. The Balaban J connectivity index is 1.56. The molecule has 1 atom stereocenters. The summed E-state index contributed by atoms with van der Waals surface area (Å²) in [4.78, 5) is 25.6. The number of likely N-dealkylation sites (tertiary alicyclic amines) is 1. The van der Waals surface area contributed by atoms with Crippen LogP contribution in [0.4, 0.5) is 5.69 Å². The molecule has 3 rings (SSSR count). The fourth-order valence-electron chi connectivity index (χ4n) is 3.00. The number of aromatic nitrogens is 1. The number of amides is 1. The van der Waals surface area contributed by atoms with Crippen LogP contribution in [-0.2, 0) is 4.79 Å². The van der Waals surface area contributed by atoms with Crippen LogP contribution in [0.25, 0.3) is 0 Å². The molecular weight excluding hydrogens is 330 g/mol. The normalized spacial score (nSPS) is 18.0. The van der Waals surface area contributed by atoms with Gasteiger partial charge in [0.1, 0.15) is 16.3 Å². The molecule has 0 bridgehead atoms. The third-order valence-corrected chi connectivity index (χ3v) is 5.01. The second kappa shape index (κ2) is 7.14. The van der Waals surface area contributed by atoms with E-state index in [9.17, 15) is 9.59 Å². The highest BCUT2D eigenvalue weighted by molar-refractivity contribution is 7.12. The van der Waals surface area contributed by atoms with Crippen LogP contribution in [0.5, 0.6) is 0 Å². The largest absolute Gasteiger partial charge is 0.477 e. The van der Waals surface area contributed by atoms with Gasteiger partial charge in [-0.05, 0) is 37.8 Å². The third kappa shape index (κ3) is 3.65. The Morgan fingerprint density at radius 1 is 1.54 bits per heavy atom. The molecule has 0 radical (unpaired) electrons. The first kappa shape index (κ1) is 16.7. The van der Waals surface area contributed by atoms with E-state index in [0.29, 0.717) is 18.7 Å². The maximum atomic E-state index is 12.1. The minimum Gasteiger partial charge on any atom is -0.477 e. The molecule has 1 amide bonds. The monoisotopic (exact) mass is 349 g/mol. The number of carbonyl (C=O) groups is 2. The number of anilines is 1. The van der Waals surface area contributed by atoms with Crippen molar-refractivity contribution in [2.75, 3.05) is 18.4 Å². The Kier molecular flexibility index (Phi) is 4.96. The number of carboxylic acid groups (broad SMARTS) is 1. The van der Waals surface area contributed by atoms with Gasteiger partial charge < -0.3 is 14.9 Å². The first-order valence-corrected chi connectivity index (χ1v) is 8.70. The van der Waals surface area contributed by atoms with E-state index in [1.807, 2.05) is 13.0 Å². The molecule has 24 heavy (non-hydrogen) atoms. The predicted octanol–water partition coefficient (Wildman–Crippen LogP) is 2.91. The number of carbonyl (C=O) groups excluding carboxylic acids is 1. The van der Waals surface area contributed by atoms with Gasteiger partial charge in [-0.3, -0.25) is 9.69 Å². The molecule has 0 aromatic carbocycles. The van der Waals surface area contributed by atoms with E-state index in [0.717, 1.165) is 42.2 Å². The average Bonchev–Trinajstić information content (AvgIpc) is 3.24. The van der Waals surface area contributed by atoms with E-state index < -0.39 is 5.97 Å². The molecule has 7 nitrogen and oxygen atoms in total. The van der Waals surface area contributed by atoms with E-state index in [4.69, 9.17) is 9.63 Å². The zero-order chi connectivity index (χ0) is 17.1. The summed E-state index contributed by atoms with van der Waals surface area (Å²) in [6, 6.07) is 3.74. The van der Waals surface area contributed by atoms with Gasteiger partial charge in [0.2, 0.25) is 5.91 Å². The molecule has 2 aromatic heterocycles. The maximum Gasteiger partial charge on any atom is 0.348 e. The Labute approximate surface area is 143 Å². The van der Waals surface area contributed by atoms with E-state index in [2.05, 4.69) is 15.4 Å². The van der Waals surface area contributed by atoms with Gasteiger partial charge in [0.25, 0.3) is 0 Å². The molecule has 1 fully saturated rings. The Morgan fingerprint density at radius 3 is 3.08 bits per heavy atom. The molecule has 3 heterocycles. The molecule has 1 saturated heterocycles. The van der Waals surface area contributed by atoms with Crippen molar-refractivity contribution in [1.82, 2.24) is 10.1 Å². The highest BCUT2D eigenvalue weighted by Crippen LogP contribution is 2.31.